The SMILES string of the molecule is C1CCN(C2CC2)CC1.COCc1nn(CC(N)=O)c(=O)c2cc3ccsc3n12. The van der Waals surface area contributed by atoms with Crippen LogP contribution in [0.2, 0.25) is 0 Å². The fraction of sp³-hybridized carbons (Fsp3) is 0.550. The molecule has 1 saturated carbocycles. The van der Waals surface area contributed by atoms with Crippen molar-refractivity contribution < 1.29 is 9.53 Å². The fourth-order valence-electron chi connectivity index (χ4n) is 3.90. The molecule has 8 nitrogen and oxygen atoms in total. The molecular weight excluding hydrogens is 390 g/mol. The molecule has 3 aromatic rings. The minimum Gasteiger partial charge on any atom is -0.377 e. The number of carbonyl (C=O) groups is 1. The first kappa shape index (κ1) is 20.1. The van der Waals surface area contributed by atoms with Gasteiger partial charge < -0.3 is 15.4 Å². The van der Waals surface area contributed by atoms with Crippen molar-refractivity contribution in [1.82, 2.24) is 19.1 Å². The molecule has 29 heavy (non-hydrogen) atoms. The normalized spacial score (nSPS) is 17.4. The zero-order valence-corrected chi connectivity index (χ0v) is 17.5. The first-order valence-corrected chi connectivity index (χ1v) is 11.0. The molecule has 156 valence electrons. The van der Waals surface area contributed by atoms with Crippen LogP contribution in [0.25, 0.3) is 15.7 Å². The molecule has 0 bridgehead atoms. The van der Waals surface area contributed by atoms with Crippen molar-refractivity contribution in [2.24, 2.45) is 5.73 Å². The van der Waals surface area contributed by atoms with E-state index >= 15 is 0 Å². The lowest BCUT2D eigenvalue weighted by molar-refractivity contribution is -0.118. The van der Waals surface area contributed by atoms with Crippen LogP contribution in [0.5, 0.6) is 0 Å². The van der Waals surface area contributed by atoms with Crippen LogP contribution in [0.3, 0.4) is 0 Å². The first-order chi connectivity index (χ1) is 14.1. The van der Waals surface area contributed by atoms with E-state index < -0.39 is 5.91 Å². The Morgan fingerprint density at radius 1 is 1.31 bits per heavy atom. The summed E-state index contributed by atoms with van der Waals surface area (Å²) in [6.07, 6.45) is 7.36. The summed E-state index contributed by atoms with van der Waals surface area (Å²) in [4.78, 5) is 27.0. The average molecular weight is 418 g/mol. The van der Waals surface area contributed by atoms with Gasteiger partial charge in [-0.1, -0.05) is 6.42 Å². The number of nitrogens with two attached hydrogens (primary N) is 1. The van der Waals surface area contributed by atoms with E-state index in [4.69, 9.17) is 10.5 Å². The molecule has 0 radical (unpaired) electrons. The minimum absolute atomic E-state index is 0.233. The van der Waals surface area contributed by atoms with Crippen LogP contribution < -0.4 is 11.3 Å². The molecule has 2 aliphatic rings. The van der Waals surface area contributed by atoms with Gasteiger partial charge in [0.1, 0.15) is 23.5 Å². The van der Waals surface area contributed by atoms with Crippen molar-refractivity contribution in [3.8, 4) is 0 Å². The van der Waals surface area contributed by atoms with Crippen LogP contribution in [0.1, 0.15) is 37.9 Å². The zero-order chi connectivity index (χ0) is 20.4. The number of piperidine rings is 1. The summed E-state index contributed by atoms with van der Waals surface area (Å²) < 4.78 is 7.97. The molecule has 2 N–H and O–H groups in total. The number of likely N-dealkylation sites (tertiary alicyclic amines) is 1. The maximum absolute atomic E-state index is 12.3. The molecule has 9 heteroatoms. The van der Waals surface area contributed by atoms with Crippen LogP contribution in [-0.4, -0.2) is 51.2 Å². The summed E-state index contributed by atoms with van der Waals surface area (Å²) in [5, 5.41) is 7.09. The van der Waals surface area contributed by atoms with Crippen LogP contribution in [0, 0.1) is 0 Å². The second kappa shape index (κ2) is 8.64. The Morgan fingerprint density at radius 3 is 2.72 bits per heavy atom. The van der Waals surface area contributed by atoms with Crippen molar-refractivity contribution in [1.29, 1.82) is 0 Å². The number of aromatic nitrogens is 3. The van der Waals surface area contributed by atoms with Crippen molar-refractivity contribution in [3.05, 3.63) is 33.7 Å². The van der Waals surface area contributed by atoms with E-state index in [9.17, 15) is 9.59 Å². The Labute approximate surface area is 172 Å². The highest BCUT2D eigenvalue weighted by molar-refractivity contribution is 7.16. The van der Waals surface area contributed by atoms with Crippen LogP contribution in [-0.2, 0) is 22.7 Å². The first-order valence-electron chi connectivity index (χ1n) is 10.1. The van der Waals surface area contributed by atoms with E-state index in [1.165, 1.54) is 56.5 Å². The lowest BCUT2D eigenvalue weighted by Gasteiger charge is -2.25. The monoisotopic (exact) mass is 417 g/mol. The lowest BCUT2D eigenvalue weighted by Crippen LogP contribution is -2.32. The summed E-state index contributed by atoms with van der Waals surface area (Å²) in [6, 6.07) is 4.74. The maximum Gasteiger partial charge on any atom is 0.291 e. The van der Waals surface area contributed by atoms with E-state index in [2.05, 4.69) is 10.00 Å². The number of primary amides is 1. The highest BCUT2D eigenvalue weighted by Crippen LogP contribution is 2.29. The molecule has 0 spiro atoms. The fourth-order valence-corrected chi connectivity index (χ4v) is 4.82. The number of rotatable bonds is 5. The van der Waals surface area contributed by atoms with Crippen LogP contribution in [0.15, 0.2) is 22.3 Å². The summed E-state index contributed by atoms with van der Waals surface area (Å²) >= 11 is 1.52. The third-order valence-electron chi connectivity index (χ3n) is 5.39. The Hall–Kier alpha value is -2.23. The topological polar surface area (TPSA) is 94.9 Å². The van der Waals surface area contributed by atoms with Crippen molar-refractivity contribution in [2.75, 3.05) is 20.2 Å². The van der Waals surface area contributed by atoms with Gasteiger partial charge in [0.05, 0.1) is 0 Å². The standard InChI is InChI=1S/C12H12N4O3S.C8H15N/c1-19-6-10-14-15(5-9(13)17)11(18)8-4-7-2-3-20-12(7)16(8)10;1-2-6-9(7-3-1)8-4-5-8/h2-4H,5-6H2,1H3,(H2,13,17);8H,1-7H2. The predicted molar refractivity (Wildman–Crippen MR) is 113 cm³/mol. The van der Waals surface area contributed by atoms with Gasteiger partial charge >= 0.3 is 0 Å². The zero-order valence-electron chi connectivity index (χ0n) is 16.7. The average Bonchev–Trinajstić information content (AvgIpc) is 3.35. The molecule has 1 saturated heterocycles. The molecule has 0 aromatic carbocycles. The van der Waals surface area contributed by atoms with Gasteiger partial charge in [0, 0.05) is 18.5 Å². The van der Waals surface area contributed by atoms with E-state index in [0.29, 0.717) is 11.3 Å². The van der Waals surface area contributed by atoms with Gasteiger partial charge in [-0.2, -0.15) is 5.10 Å². The number of carbonyl (C=O) groups excluding carboxylic acids is 1. The van der Waals surface area contributed by atoms with E-state index in [1.807, 2.05) is 11.4 Å². The molecular formula is C20H27N5O3S. The number of hydrogen-bond acceptors (Lipinski definition) is 6. The summed E-state index contributed by atoms with van der Waals surface area (Å²) in [5.41, 5.74) is 5.27. The third kappa shape index (κ3) is 4.36. The third-order valence-corrected chi connectivity index (χ3v) is 6.30. The maximum atomic E-state index is 12.3. The Kier molecular flexibility index (Phi) is 5.98. The number of methoxy groups -OCH3 is 1. The van der Waals surface area contributed by atoms with E-state index in [-0.39, 0.29) is 18.7 Å². The Morgan fingerprint density at radius 2 is 2.07 bits per heavy atom. The quantitative estimate of drug-likeness (QED) is 0.685. The predicted octanol–water partition coefficient (Wildman–Crippen LogP) is 1.98. The second-order valence-electron chi connectivity index (χ2n) is 7.65. The number of hydrogen-bond donors (Lipinski definition) is 1. The number of nitrogens with zero attached hydrogens (tertiary/aromatic N) is 4. The van der Waals surface area contributed by atoms with Gasteiger partial charge in [0.15, 0.2) is 5.82 Å². The molecule has 2 fully saturated rings. The van der Waals surface area contributed by atoms with Crippen LogP contribution in [0.4, 0.5) is 0 Å². The largest absolute Gasteiger partial charge is 0.377 e. The highest BCUT2D eigenvalue weighted by atomic mass is 32.1. The number of amides is 1. The molecule has 3 aromatic heterocycles. The molecule has 0 unspecified atom stereocenters. The summed E-state index contributed by atoms with van der Waals surface area (Å²) in [7, 11) is 1.55. The Bertz CT molecular complexity index is 1060. The molecule has 1 aliphatic carbocycles. The number of fused-ring (bicyclic) bond motifs is 3. The van der Waals surface area contributed by atoms with Crippen molar-refractivity contribution in [2.45, 2.75) is 51.3 Å². The summed E-state index contributed by atoms with van der Waals surface area (Å²) in [5.74, 6) is -0.0542. The smallest absolute Gasteiger partial charge is 0.291 e. The van der Waals surface area contributed by atoms with E-state index in [0.717, 1.165) is 20.9 Å². The number of ether oxygens (including phenoxy) is 1. The molecule has 1 aliphatic heterocycles. The van der Waals surface area contributed by atoms with Gasteiger partial charge in [0.25, 0.3) is 5.56 Å². The summed E-state index contributed by atoms with van der Waals surface area (Å²) in [6.45, 7) is 2.78. The molecule has 1 amide bonds. The molecule has 4 heterocycles. The van der Waals surface area contributed by atoms with Gasteiger partial charge in [0.2, 0.25) is 5.91 Å². The van der Waals surface area contributed by atoms with Crippen molar-refractivity contribution in [3.63, 3.8) is 0 Å². The van der Waals surface area contributed by atoms with E-state index in [1.54, 1.807) is 17.6 Å². The Balaban J connectivity index is 0.000000188. The van der Waals surface area contributed by atoms with Gasteiger partial charge in [-0.25, -0.2) is 4.68 Å². The second-order valence-corrected chi connectivity index (χ2v) is 8.55. The highest BCUT2D eigenvalue weighted by Gasteiger charge is 2.29. The van der Waals surface area contributed by atoms with Gasteiger partial charge in [-0.05, 0) is 56.3 Å². The molecule has 5 rings (SSSR count). The van der Waals surface area contributed by atoms with Gasteiger partial charge in [-0.3, -0.25) is 14.0 Å². The molecule has 0 atom stereocenters. The van der Waals surface area contributed by atoms with Gasteiger partial charge in [-0.15, -0.1) is 11.3 Å². The van der Waals surface area contributed by atoms with Crippen molar-refractivity contribution >= 4 is 33.0 Å². The number of thiophene rings is 1. The van der Waals surface area contributed by atoms with Crippen LogP contribution >= 0.6 is 11.3 Å². The minimum atomic E-state index is -0.610. The lowest BCUT2D eigenvalue weighted by atomic mass is 10.1.